The maximum Gasteiger partial charge on any atom is 0.242 e. The third-order valence-electron chi connectivity index (χ3n) is 3.28. The average molecular weight is 286 g/mol. The minimum atomic E-state index is -1.33. The van der Waals surface area contributed by atoms with Crippen molar-refractivity contribution in [3.8, 4) is 18.2 Å². The first kappa shape index (κ1) is 16.6. The zero-order valence-electron chi connectivity index (χ0n) is 12.4. The summed E-state index contributed by atoms with van der Waals surface area (Å²) in [6.45, 7) is 5.72. The summed E-state index contributed by atoms with van der Waals surface area (Å²) in [6.07, 6.45) is 1.62. The molecule has 2 unspecified atom stereocenters. The van der Waals surface area contributed by atoms with Crippen molar-refractivity contribution in [2.45, 2.75) is 51.9 Å². The van der Waals surface area contributed by atoms with Crippen LogP contribution in [0.1, 0.15) is 40.0 Å². The molecule has 2 N–H and O–H groups in total. The summed E-state index contributed by atoms with van der Waals surface area (Å²) in [5.41, 5.74) is 5.70. The summed E-state index contributed by atoms with van der Waals surface area (Å²) in [5, 5.41) is 27.6. The second-order valence-corrected chi connectivity index (χ2v) is 4.77. The Kier molecular flexibility index (Phi) is 5.36. The molecule has 1 aliphatic heterocycles. The van der Waals surface area contributed by atoms with E-state index in [4.69, 9.17) is 25.7 Å². The van der Waals surface area contributed by atoms with Gasteiger partial charge in [0.25, 0.3) is 0 Å². The Morgan fingerprint density at radius 2 is 1.95 bits per heavy atom. The van der Waals surface area contributed by atoms with Crippen LogP contribution in [0.2, 0.25) is 0 Å². The molecule has 0 aromatic rings. The zero-order valence-corrected chi connectivity index (χ0v) is 12.4. The number of nitrogens with zero attached hydrogens (tertiary/aromatic N) is 3. The van der Waals surface area contributed by atoms with Gasteiger partial charge in [0.1, 0.15) is 29.4 Å². The quantitative estimate of drug-likeness (QED) is 0.775. The van der Waals surface area contributed by atoms with Crippen LogP contribution in [0.15, 0.2) is 22.6 Å². The van der Waals surface area contributed by atoms with Gasteiger partial charge in [-0.25, -0.2) is 0 Å². The van der Waals surface area contributed by atoms with E-state index in [0.29, 0.717) is 12.8 Å². The van der Waals surface area contributed by atoms with Crippen LogP contribution in [0, 0.1) is 34.0 Å². The van der Waals surface area contributed by atoms with E-state index in [9.17, 15) is 5.26 Å². The minimum Gasteiger partial charge on any atom is -0.442 e. The van der Waals surface area contributed by atoms with Crippen LogP contribution in [0.3, 0.4) is 0 Å². The summed E-state index contributed by atoms with van der Waals surface area (Å²) in [4.78, 5) is 0. The first-order chi connectivity index (χ1) is 9.99. The highest BCUT2D eigenvalue weighted by Crippen LogP contribution is 2.43. The van der Waals surface area contributed by atoms with Crippen molar-refractivity contribution in [1.29, 1.82) is 15.8 Å². The SMILES string of the molecule is CCCC1(OC(C)CC)OC(N)=C(C#N)C1=C(C#N)C#N. The van der Waals surface area contributed by atoms with Gasteiger partial charge in [0.05, 0.1) is 11.7 Å². The Labute approximate surface area is 124 Å². The molecule has 0 aromatic heterocycles. The fourth-order valence-corrected chi connectivity index (χ4v) is 2.21. The van der Waals surface area contributed by atoms with Crippen molar-refractivity contribution >= 4 is 0 Å². The van der Waals surface area contributed by atoms with Crippen LogP contribution >= 0.6 is 0 Å². The highest BCUT2D eigenvalue weighted by atomic mass is 16.7. The van der Waals surface area contributed by atoms with Gasteiger partial charge in [0, 0.05) is 6.42 Å². The summed E-state index contributed by atoms with van der Waals surface area (Å²) in [7, 11) is 0. The number of hydrogen-bond donors (Lipinski definition) is 1. The molecule has 0 amide bonds. The van der Waals surface area contributed by atoms with Crippen molar-refractivity contribution in [2.75, 3.05) is 0 Å². The van der Waals surface area contributed by atoms with Crippen LogP contribution in [-0.4, -0.2) is 11.9 Å². The Hall–Kier alpha value is -2.49. The Morgan fingerprint density at radius 1 is 1.33 bits per heavy atom. The van der Waals surface area contributed by atoms with Gasteiger partial charge in [-0.2, -0.15) is 15.8 Å². The van der Waals surface area contributed by atoms with E-state index in [-0.39, 0.29) is 28.7 Å². The first-order valence-corrected chi connectivity index (χ1v) is 6.81. The number of allylic oxidation sites excluding steroid dienone is 1. The second kappa shape index (κ2) is 6.79. The maximum atomic E-state index is 9.26. The predicted octanol–water partition coefficient (Wildman–Crippen LogP) is 2.37. The number of hydrogen-bond acceptors (Lipinski definition) is 6. The van der Waals surface area contributed by atoms with Crippen LogP contribution < -0.4 is 5.73 Å². The van der Waals surface area contributed by atoms with E-state index in [0.717, 1.165) is 6.42 Å². The topological polar surface area (TPSA) is 116 Å². The molecular formula is C15H18N4O2. The van der Waals surface area contributed by atoms with Gasteiger partial charge in [0.15, 0.2) is 0 Å². The number of nitriles is 3. The lowest BCUT2D eigenvalue weighted by molar-refractivity contribution is -0.206. The van der Waals surface area contributed by atoms with Gasteiger partial charge in [-0.3, -0.25) is 0 Å². The summed E-state index contributed by atoms with van der Waals surface area (Å²) in [5.74, 6) is -1.44. The Morgan fingerprint density at radius 3 is 2.38 bits per heavy atom. The lowest BCUT2D eigenvalue weighted by Crippen LogP contribution is -2.38. The summed E-state index contributed by atoms with van der Waals surface area (Å²) >= 11 is 0. The maximum absolute atomic E-state index is 9.26. The molecule has 21 heavy (non-hydrogen) atoms. The molecule has 1 heterocycles. The molecule has 0 radical (unpaired) electrons. The first-order valence-electron chi connectivity index (χ1n) is 6.81. The molecule has 0 saturated carbocycles. The lowest BCUT2D eigenvalue weighted by Gasteiger charge is -2.33. The van der Waals surface area contributed by atoms with Crippen LogP contribution in [-0.2, 0) is 9.47 Å². The minimum absolute atomic E-state index is 0.00449. The Balaban J connectivity index is 3.52. The smallest absolute Gasteiger partial charge is 0.242 e. The zero-order chi connectivity index (χ0) is 16.0. The van der Waals surface area contributed by atoms with E-state index in [1.807, 2.05) is 26.8 Å². The molecule has 0 bridgehead atoms. The van der Waals surface area contributed by atoms with Gasteiger partial charge in [-0.05, 0) is 19.8 Å². The predicted molar refractivity (Wildman–Crippen MR) is 74.6 cm³/mol. The fourth-order valence-electron chi connectivity index (χ4n) is 2.21. The fraction of sp³-hybridized carbons (Fsp3) is 0.533. The summed E-state index contributed by atoms with van der Waals surface area (Å²) in [6, 6.07) is 5.51. The van der Waals surface area contributed by atoms with E-state index in [1.165, 1.54) is 0 Å². The van der Waals surface area contributed by atoms with Crippen molar-refractivity contribution in [1.82, 2.24) is 0 Å². The van der Waals surface area contributed by atoms with Gasteiger partial charge >= 0.3 is 0 Å². The number of nitrogens with two attached hydrogens (primary N) is 1. The molecular weight excluding hydrogens is 268 g/mol. The van der Waals surface area contributed by atoms with Crippen LogP contribution in [0.4, 0.5) is 0 Å². The average Bonchev–Trinajstić information content (AvgIpc) is 2.73. The van der Waals surface area contributed by atoms with Gasteiger partial charge in [-0.1, -0.05) is 13.8 Å². The van der Waals surface area contributed by atoms with E-state index in [2.05, 4.69) is 0 Å². The summed E-state index contributed by atoms with van der Waals surface area (Å²) < 4.78 is 11.5. The Bertz CT molecular complexity index is 585. The van der Waals surface area contributed by atoms with Crippen LogP contribution in [0.5, 0.6) is 0 Å². The standard InChI is InChI=1S/C15H18N4O2/c1-4-6-15(20-10(3)5-2)13(11(7-16)8-17)12(9-18)14(19)21-15/h10H,4-6,19H2,1-3H3. The molecule has 0 fully saturated rings. The molecule has 0 saturated heterocycles. The van der Waals surface area contributed by atoms with Crippen molar-refractivity contribution in [3.63, 3.8) is 0 Å². The largest absolute Gasteiger partial charge is 0.442 e. The van der Waals surface area contributed by atoms with Crippen molar-refractivity contribution in [2.24, 2.45) is 5.73 Å². The normalized spacial score (nSPS) is 22.0. The van der Waals surface area contributed by atoms with Gasteiger partial charge in [0.2, 0.25) is 11.7 Å². The highest BCUT2D eigenvalue weighted by molar-refractivity contribution is 5.60. The second-order valence-electron chi connectivity index (χ2n) is 4.77. The van der Waals surface area contributed by atoms with Gasteiger partial charge in [-0.15, -0.1) is 0 Å². The van der Waals surface area contributed by atoms with Crippen LogP contribution in [0.25, 0.3) is 0 Å². The lowest BCUT2D eigenvalue weighted by atomic mass is 9.92. The number of ether oxygens (including phenoxy) is 2. The highest BCUT2D eigenvalue weighted by Gasteiger charge is 2.49. The van der Waals surface area contributed by atoms with Crippen molar-refractivity contribution in [3.05, 3.63) is 22.6 Å². The van der Waals surface area contributed by atoms with Crippen molar-refractivity contribution < 1.29 is 9.47 Å². The third-order valence-corrected chi connectivity index (χ3v) is 3.28. The monoisotopic (exact) mass is 286 g/mol. The van der Waals surface area contributed by atoms with Gasteiger partial charge < -0.3 is 15.2 Å². The molecule has 0 spiro atoms. The molecule has 1 aliphatic rings. The molecule has 0 aromatic carbocycles. The molecule has 2 atom stereocenters. The molecule has 6 nitrogen and oxygen atoms in total. The third kappa shape index (κ3) is 2.99. The molecule has 1 rings (SSSR count). The van der Waals surface area contributed by atoms with E-state index in [1.54, 1.807) is 12.1 Å². The molecule has 6 heteroatoms. The molecule has 0 aliphatic carbocycles. The number of rotatable bonds is 5. The van der Waals surface area contributed by atoms with E-state index < -0.39 is 5.79 Å². The molecule has 110 valence electrons. The van der Waals surface area contributed by atoms with E-state index >= 15 is 0 Å².